The maximum absolute atomic E-state index is 12.5. The fourth-order valence-electron chi connectivity index (χ4n) is 3.11. The summed E-state index contributed by atoms with van der Waals surface area (Å²) in [6, 6.07) is 11.1. The Labute approximate surface area is 162 Å². The average molecular weight is 391 g/mol. The number of nitrogens with zero attached hydrogens (tertiary/aromatic N) is 1. The molecule has 2 aromatic rings. The molecule has 1 saturated heterocycles. The van der Waals surface area contributed by atoms with E-state index < -0.39 is 0 Å². The lowest BCUT2D eigenvalue weighted by Gasteiger charge is -2.21. The third kappa shape index (κ3) is 5.29. The van der Waals surface area contributed by atoms with Crippen molar-refractivity contribution in [3.05, 3.63) is 51.2 Å². The van der Waals surface area contributed by atoms with Gasteiger partial charge in [-0.15, -0.1) is 11.3 Å². The number of hydrogen-bond donors (Lipinski definition) is 2. The molecular formula is C19H21ClN3O2S+. The van der Waals surface area contributed by atoms with Crippen molar-refractivity contribution >= 4 is 34.5 Å². The van der Waals surface area contributed by atoms with Crippen LogP contribution in [-0.4, -0.2) is 31.7 Å². The zero-order valence-electron chi connectivity index (χ0n) is 14.3. The molecule has 7 heteroatoms. The Hall–Kier alpha value is -1.91. The monoisotopic (exact) mass is 390 g/mol. The number of carbonyl (C=O) groups excluding carboxylic acids is 1. The molecule has 0 aliphatic carbocycles. The van der Waals surface area contributed by atoms with Gasteiger partial charge in [-0.25, -0.2) is 0 Å². The van der Waals surface area contributed by atoms with Crippen LogP contribution < -0.4 is 10.2 Å². The number of nitriles is 1. The molecule has 1 aliphatic rings. The molecule has 2 N–H and O–H groups in total. The predicted octanol–water partition coefficient (Wildman–Crippen LogP) is 2.48. The van der Waals surface area contributed by atoms with Gasteiger partial charge in [0.2, 0.25) is 0 Å². The average Bonchev–Trinajstić information content (AvgIpc) is 3.29. The van der Waals surface area contributed by atoms with Gasteiger partial charge >= 0.3 is 0 Å². The van der Waals surface area contributed by atoms with Gasteiger partial charge in [0.1, 0.15) is 25.3 Å². The van der Waals surface area contributed by atoms with Crippen LogP contribution in [0.3, 0.4) is 0 Å². The van der Waals surface area contributed by atoms with Crippen molar-refractivity contribution in [1.29, 1.82) is 5.26 Å². The Kier molecular flexibility index (Phi) is 6.64. The number of nitrogens with one attached hydrogen (secondary N) is 2. The topological polar surface area (TPSA) is 66.6 Å². The van der Waals surface area contributed by atoms with Crippen LogP contribution in [0.25, 0.3) is 0 Å². The summed E-state index contributed by atoms with van der Waals surface area (Å²) in [7, 11) is 0. The molecule has 0 spiro atoms. The maximum atomic E-state index is 12.5. The van der Waals surface area contributed by atoms with E-state index in [1.54, 1.807) is 29.5 Å². The van der Waals surface area contributed by atoms with E-state index in [4.69, 9.17) is 21.6 Å². The molecular weight excluding hydrogens is 370 g/mol. The molecule has 1 aliphatic heterocycles. The lowest BCUT2D eigenvalue weighted by molar-refractivity contribution is -0.908. The number of amides is 1. The van der Waals surface area contributed by atoms with E-state index in [0.29, 0.717) is 22.8 Å². The van der Waals surface area contributed by atoms with Crippen LogP contribution in [0.2, 0.25) is 5.02 Å². The first kappa shape index (κ1) is 18.9. The summed E-state index contributed by atoms with van der Waals surface area (Å²) < 4.78 is 5.75. The van der Waals surface area contributed by atoms with Gasteiger partial charge in [0.05, 0.1) is 15.5 Å². The maximum Gasteiger partial charge on any atom is 0.279 e. The van der Waals surface area contributed by atoms with Gasteiger partial charge in [0.25, 0.3) is 5.91 Å². The Morgan fingerprint density at radius 2 is 2.35 bits per heavy atom. The minimum absolute atomic E-state index is 0.0738. The molecule has 1 amide bonds. The minimum Gasteiger partial charge on any atom is -0.372 e. The Balaban J connectivity index is 1.62. The third-order valence-corrected chi connectivity index (χ3v) is 5.52. The zero-order chi connectivity index (χ0) is 18.4. The molecule has 26 heavy (non-hydrogen) atoms. The van der Waals surface area contributed by atoms with Crippen LogP contribution in [0.1, 0.15) is 23.3 Å². The number of carbonyl (C=O) groups is 1. The van der Waals surface area contributed by atoms with Crippen molar-refractivity contribution in [3.63, 3.8) is 0 Å². The van der Waals surface area contributed by atoms with E-state index >= 15 is 0 Å². The van der Waals surface area contributed by atoms with Gasteiger partial charge in [-0.2, -0.15) is 5.26 Å². The summed E-state index contributed by atoms with van der Waals surface area (Å²) in [4.78, 5) is 14.9. The summed E-state index contributed by atoms with van der Waals surface area (Å²) in [5.74, 6) is -0.0738. The summed E-state index contributed by atoms with van der Waals surface area (Å²) in [6.07, 6.45) is 2.37. The lowest BCUT2D eigenvalue weighted by Crippen LogP contribution is -3.12. The van der Waals surface area contributed by atoms with Crippen molar-refractivity contribution in [2.45, 2.75) is 25.5 Å². The second-order valence-corrected chi connectivity index (χ2v) is 7.82. The second-order valence-electron chi connectivity index (χ2n) is 6.38. The molecule has 1 aromatic carbocycles. The Morgan fingerprint density at radius 3 is 3.00 bits per heavy atom. The number of quaternary nitrogens is 1. The van der Waals surface area contributed by atoms with Crippen molar-refractivity contribution in [3.8, 4) is 6.07 Å². The van der Waals surface area contributed by atoms with Crippen LogP contribution in [0.4, 0.5) is 5.69 Å². The first-order chi connectivity index (χ1) is 12.6. The number of halogens is 1. The van der Waals surface area contributed by atoms with Gasteiger partial charge in [0.15, 0.2) is 6.54 Å². The van der Waals surface area contributed by atoms with Crippen LogP contribution in [0.5, 0.6) is 0 Å². The van der Waals surface area contributed by atoms with E-state index in [1.807, 2.05) is 12.1 Å². The minimum atomic E-state index is -0.0738. The van der Waals surface area contributed by atoms with Crippen molar-refractivity contribution < 1.29 is 14.4 Å². The quantitative estimate of drug-likeness (QED) is 0.763. The van der Waals surface area contributed by atoms with E-state index in [2.05, 4.69) is 16.8 Å². The number of benzene rings is 1. The summed E-state index contributed by atoms with van der Waals surface area (Å²) >= 11 is 7.74. The Bertz CT molecular complexity index is 783. The van der Waals surface area contributed by atoms with Crippen LogP contribution in [0, 0.1) is 11.3 Å². The van der Waals surface area contributed by atoms with E-state index in [0.717, 1.165) is 32.5 Å². The summed E-state index contributed by atoms with van der Waals surface area (Å²) in [6.45, 7) is 2.79. The molecule has 0 saturated carbocycles. The molecule has 2 atom stereocenters. The molecule has 3 rings (SSSR count). The van der Waals surface area contributed by atoms with Gasteiger partial charge < -0.3 is 15.0 Å². The van der Waals surface area contributed by atoms with Crippen molar-refractivity contribution in [2.75, 3.05) is 25.0 Å². The van der Waals surface area contributed by atoms with Crippen LogP contribution in [-0.2, 0) is 16.1 Å². The molecule has 1 aromatic heterocycles. The highest BCUT2D eigenvalue weighted by Gasteiger charge is 2.24. The zero-order valence-corrected chi connectivity index (χ0v) is 15.9. The van der Waals surface area contributed by atoms with Crippen LogP contribution >= 0.6 is 22.9 Å². The van der Waals surface area contributed by atoms with Crippen molar-refractivity contribution in [2.24, 2.45) is 0 Å². The fraction of sp³-hybridized carbons (Fsp3) is 0.368. The number of thiophene rings is 1. The molecule has 2 heterocycles. The van der Waals surface area contributed by atoms with E-state index in [9.17, 15) is 4.79 Å². The lowest BCUT2D eigenvalue weighted by atomic mass is 10.2. The first-order valence-electron chi connectivity index (χ1n) is 8.61. The van der Waals surface area contributed by atoms with E-state index in [1.165, 1.54) is 9.78 Å². The normalized spacial score (nSPS) is 17.6. The molecule has 0 bridgehead atoms. The van der Waals surface area contributed by atoms with Gasteiger partial charge in [-0.1, -0.05) is 17.7 Å². The second kappa shape index (κ2) is 9.15. The molecule has 1 fully saturated rings. The number of rotatable bonds is 7. The molecule has 1 unspecified atom stereocenters. The highest BCUT2D eigenvalue weighted by atomic mass is 35.5. The fourth-order valence-corrected chi connectivity index (χ4v) is 4.11. The predicted molar refractivity (Wildman–Crippen MR) is 102 cm³/mol. The third-order valence-electron chi connectivity index (χ3n) is 4.33. The number of anilines is 1. The summed E-state index contributed by atoms with van der Waals surface area (Å²) in [5, 5.41) is 14.2. The molecule has 0 radical (unpaired) electrons. The van der Waals surface area contributed by atoms with E-state index in [-0.39, 0.29) is 12.0 Å². The first-order valence-corrected chi connectivity index (χ1v) is 9.87. The van der Waals surface area contributed by atoms with Crippen LogP contribution in [0.15, 0.2) is 35.7 Å². The summed E-state index contributed by atoms with van der Waals surface area (Å²) in [5.41, 5.74) is 1.000. The largest absolute Gasteiger partial charge is 0.372 e. The SMILES string of the molecule is N#Cc1ccc(NC(=O)C[NH+](Cc2cccs2)C[C@H]2CCCO2)cc1Cl. The van der Waals surface area contributed by atoms with Gasteiger partial charge in [-0.05, 0) is 42.5 Å². The van der Waals surface area contributed by atoms with Gasteiger partial charge in [-0.3, -0.25) is 4.79 Å². The standard InChI is InChI=1S/C19H20ClN3O2S/c20-18-9-15(6-5-14(18)10-21)22-19(24)13-23(11-16-3-1-7-25-16)12-17-4-2-8-26-17/h2,4-6,8-9,16H,1,3,7,11-13H2,(H,22,24)/p+1/t16-/m1/s1. The van der Waals surface area contributed by atoms with Crippen molar-refractivity contribution in [1.82, 2.24) is 0 Å². The molecule has 136 valence electrons. The number of ether oxygens (including phenoxy) is 1. The molecule has 5 nitrogen and oxygen atoms in total. The highest BCUT2D eigenvalue weighted by molar-refractivity contribution is 7.09. The smallest absolute Gasteiger partial charge is 0.279 e. The van der Waals surface area contributed by atoms with Gasteiger partial charge in [0, 0.05) is 12.3 Å². The highest BCUT2D eigenvalue weighted by Crippen LogP contribution is 2.20. The number of hydrogen-bond acceptors (Lipinski definition) is 4. The Morgan fingerprint density at radius 1 is 1.46 bits per heavy atom.